The van der Waals surface area contributed by atoms with Crippen LogP contribution in [0.5, 0.6) is 0 Å². The number of nitrogens with one attached hydrogen (secondary N) is 2. The van der Waals surface area contributed by atoms with E-state index in [4.69, 9.17) is 0 Å². The van der Waals surface area contributed by atoms with Crippen LogP contribution in [0.25, 0.3) is 0 Å². The van der Waals surface area contributed by atoms with E-state index in [0.717, 1.165) is 38.5 Å². The summed E-state index contributed by atoms with van der Waals surface area (Å²) >= 11 is 0. The maximum absolute atomic E-state index is 12.7. The number of anilines is 1. The Morgan fingerprint density at radius 2 is 1.48 bits per heavy atom. The zero-order chi connectivity index (χ0) is 19.2. The minimum Gasteiger partial charge on any atom is -0.550 e. The van der Waals surface area contributed by atoms with E-state index < -0.39 is 17.8 Å². The zero-order valence-corrected chi connectivity index (χ0v) is 15.5. The third-order valence-corrected chi connectivity index (χ3v) is 5.78. The van der Waals surface area contributed by atoms with Crippen molar-refractivity contribution >= 4 is 23.5 Å². The Hall–Kier alpha value is -2.37. The molecule has 2 aliphatic carbocycles. The van der Waals surface area contributed by atoms with Crippen LogP contribution in [-0.4, -0.2) is 23.8 Å². The van der Waals surface area contributed by atoms with Gasteiger partial charge in [0.15, 0.2) is 0 Å². The first-order valence-electron chi connectivity index (χ1n) is 9.98. The average Bonchev–Trinajstić information content (AvgIpc) is 2.69. The van der Waals surface area contributed by atoms with E-state index in [0.29, 0.717) is 24.1 Å². The van der Waals surface area contributed by atoms with Crippen molar-refractivity contribution in [2.75, 3.05) is 5.32 Å². The van der Waals surface area contributed by atoms with E-state index in [2.05, 4.69) is 10.6 Å². The molecule has 0 heterocycles. The minimum atomic E-state index is -1.17. The summed E-state index contributed by atoms with van der Waals surface area (Å²) in [6.07, 6.45) is 8.02. The third-order valence-electron chi connectivity index (χ3n) is 5.78. The van der Waals surface area contributed by atoms with Crippen LogP contribution in [0.2, 0.25) is 0 Å². The summed E-state index contributed by atoms with van der Waals surface area (Å²) in [5.74, 6) is -3.09. The molecule has 2 saturated carbocycles. The number of carboxylic acid groups (broad SMARTS) is 1. The first-order chi connectivity index (χ1) is 13.1. The highest BCUT2D eigenvalue weighted by Crippen LogP contribution is 2.31. The molecule has 0 aliphatic heterocycles. The van der Waals surface area contributed by atoms with Crippen LogP contribution in [0.4, 0.5) is 5.69 Å². The maximum Gasteiger partial charge on any atom is 0.253 e. The molecule has 2 N–H and O–H groups in total. The lowest BCUT2D eigenvalue weighted by atomic mass is 9.78. The van der Waals surface area contributed by atoms with Gasteiger partial charge in [0, 0.05) is 23.8 Å². The van der Waals surface area contributed by atoms with Crippen molar-refractivity contribution in [3.8, 4) is 0 Å². The van der Waals surface area contributed by atoms with Crippen molar-refractivity contribution in [1.82, 2.24) is 5.32 Å². The molecule has 1 aromatic carbocycles. The Morgan fingerprint density at radius 1 is 0.852 bits per heavy atom. The summed E-state index contributed by atoms with van der Waals surface area (Å²) < 4.78 is 0. The van der Waals surface area contributed by atoms with Gasteiger partial charge < -0.3 is 20.5 Å². The molecule has 0 bridgehead atoms. The van der Waals surface area contributed by atoms with E-state index in [1.165, 1.54) is 6.42 Å². The molecule has 0 saturated heterocycles. The van der Waals surface area contributed by atoms with E-state index in [-0.39, 0.29) is 17.9 Å². The molecule has 2 amide bonds. The van der Waals surface area contributed by atoms with Crippen LogP contribution in [-0.2, 0) is 9.59 Å². The lowest BCUT2D eigenvalue weighted by Gasteiger charge is -2.31. The summed E-state index contributed by atoms with van der Waals surface area (Å²) in [4.78, 5) is 36.8. The van der Waals surface area contributed by atoms with Gasteiger partial charge in [-0.3, -0.25) is 9.59 Å². The Morgan fingerprint density at radius 3 is 2.19 bits per heavy atom. The number of para-hydroxylation sites is 1. The van der Waals surface area contributed by atoms with Gasteiger partial charge in [0.25, 0.3) is 5.91 Å². The second-order valence-corrected chi connectivity index (χ2v) is 7.66. The Labute approximate surface area is 159 Å². The second-order valence-electron chi connectivity index (χ2n) is 7.66. The van der Waals surface area contributed by atoms with Gasteiger partial charge in [-0.2, -0.15) is 0 Å². The second kappa shape index (κ2) is 9.02. The van der Waals surface area contributed by atoms with Gasteiger partial charge in [0.2, 0.25) is 5.91 Å². The van der Waals surface area contributed by atoms with Gasteiger partial charge in [-0.15, -0.1) is 0 Å². The van der Waals surface area contributed by atoms with Gasteiger partial charge >= 0.3 is 0 Å². The van der Waals surface area contributed by atoms with Crippen molar-refractivity contribution in [3.05, 3.63) is 29.8 Å². The minimum absolute atomic E-state index is 0.177. The smallest absolute Gasteiger partial charge is 0.253 e. The number of carbonyl (C=O) groups excluding carboxylic acids is 3. The standard InChI is InChI=1S/C21H28N2O4/c24-19(15-10-4-5-11-16(15)21(26)27)23-18-13-7-6-12-17(18)20(25)22-14-8-2-1-3-9-14/h6-7,12-16H,1-5,8-11H2,(H,22,25)(H,23,24)(H,26,27)/p-1. The number of carbonyl (C=O) groups is 3. The molecule has 0 radical (unpaired) electrons. The molecule has 1 aromatic rings. The van der Waals surface area contributed by atoms with Crippen molar-refractivity contribution in [2.24, 2.45) is 11.8 Å². The number of aliphatic carboxylic acids is 1. The predicted molar refractivity (Wildman–Crippen MR) is 99.9 cm³/mol. The summed E-state index contributed by atoms with van der Waals surface area (Å²) in [6, 6.07) is 7.06. The molecule has 2 unspecified atom stereocenters. The topological polar surface area (TPSA) is 98.3 Å². The highest BCUT2D eigenvalue weighted by atomic mass is 16.4. The van der Waals surface area contributed by atoms with Gasteiger partial charge in [-0.05, 0) is 37.8 Å². The number of hydrogen-bond donors (Lipinski definition) is 2. The number of carboxylic acids is 1. The molecule has 6 nitrogen and oxygen atoms in total. The Bertz CT molecular complexity index is 697. The normalized spacial score (nSPS) is 23.4. The summed E-state index contributed by atoms with van der Waals surface area (Å²) in [6.45, 7) is 0. The quantitative estimate of drug-likeness (QED) is 0.829. The molecule has 0 aromatic heterocycles. The van der Waals surface area contributed by atoms with Crippen LogP contribution >= 0.6 is 0 Å². The van der Waals surface area contributed by atoms with Gasteiger partial charge in [-0.25, -0.2) is 0 Å². The molecule has 2 aliphatic rings. The van der Waals surface area contributed by atoms with Crippen LogP contribution in [0.3, 0.4) is 0 Å². The lowest BCUT2D eigenvalue weighted by Crippen LogP contribution is -2.42. The number of amides is 2. The molecule has 2 atom stereocenters. The highest BCUT2D eigenvalue weighted by Gasteiger charge is 2.32. The predicted octanol–water partition coefficient (Wildman–Crippen LogP) is 2.24. The van der Waals surface area contributed by atoms with Crippen molar-refractivity contribution < 1.29 is 19.5 Å². The van der Waals surface area contributed by atoms with Crippen LogP contribution in [0.15, 0.2) is 24.3 Å². The van der Waals surface area contributed by atoms with Crippen molar-refractivity contribution in [2.45, 2.75) is 63.8 Å². The zero-order valence-electron chi connectivity index (χ0n) is 15.5. The molecule has 3 rings (SSSR count). The van der Waals surface area contributed by atoms with Crippen LogP contribution < -0.4 is 15.7 Å². The number of benzene rings is 1. The average molecular weight is 371 g/mol. The fourth-order valence-electron chi connectivity index (χ4n) is 4.25. The number of hydrogen-bond acceptors (Lipinski definition) is 4. The van der Waals surface area contributed by atoms with Crippen molar-refractivity contribution in [3.63, 3.8) is 0 Å². The first kappa shape index (κ1) is 19.4. The summed E-state index contributed by atoms with van der Waals surface area (Å²) in [5.41, 5.74) is 0.843. The summed E-state index contributed by atoms with van der Waals surface area (Å²) in [7, 11) is 0. The maximum atomic E-state index is 12.7. The van der Waals surface area contributed by atoms with Gasteiger partial charge in [0.05, 0.1) is 11.3 Å². The van der Waals surface area contributed by atoms with Gasteiger partial charge in [0.1, 0.15) is 0 Å². The van der Waals surface area contributed by atoms with Crippen molar-refractivity contribution in [1.29, 1.82) is 0 Å². The van der Waals surface area contributed by atoms with E-state index in [1.807, 2.05) is 0 Å². The molecular weight excluding hydrogens is 344 g/mol. The molecule has 6 heteroatoms. The fourth-order valence-corrected chi connectivity index (χ4v) is 4.25. The van der Waals surface area contributed by atoms with E-state index in [1.54, 1.807) is 24.3 Å². The Balaban J connectivity index is 1.70. The van der Waals surface area contributed by atoms with Gasteiger partial charge in [-0.1, -0.05) is 44.2 Å². The highest BCUT2D eigenvalue weighted by molar-refractivity contribution is 6.04. The number of rotatable bonds is 5. The fraction of sp³-hybridized carbons (Fsp3) is 0.571. The molecule has 146 valence electrons. The Kier molecular flexibility index (Phi) is 6.48. The van der Waals surface area contributed by atoms with E-state index in [9.17, 15) is 19.5 Å². The molecule has 27 heavy (non-hydrogen) atoms. The van der Waals surface area contributed by atoms with Crippen LogP contribution in [0, 0.1) is 11.8 Å². The van der Waals surface area contributed by atoms with Crippen LogP contribution in [0.1, 0.15) is 68.1 Å². The van der Waals surface area contributed by atoms with E-state index >= 15 is 0 Å². The first-order valence-corrected chi connectivity index (χ1v) is 9.98. The largest absolute Gasteiger partial charge is 0.550 e. The SMILES string of the molecule is O=C(NC1CCCCC1)c1ccccc1NC(=O)C1CCCCC1C(=O)[O-]. The lowest BCUT2D eigenvalue weighted by molar-refractivity contribution is -0.313. The molecular formula is C21H27N2O4-. The molecule has 2 fully saturated rings. The molecule has 0 spiro atoms. The summed E-state index contributed by atoms with van der Waals surface area (Å²) in [5, 5.41) is 17.2. The monoisotopic (exact) mass is 371 g/mol. The third kappa shape index (κ3) is 4.87.